The monoisotopic (exact) mass is 379 g/mol. The number of rotatable bonds is 8. The van der Waals surface area contributed by atoms with Crippen LogP contribution in [0.1, 0.15) is 41.6 Å². The van der Waals surface area contributed by atoms with Crippen LogP contribution in [-0.4, -0.2) is 35.1 Å². The number of nitrogens with zero attached hydrogens (tertiary/aromatic N) is 1. The summed E-state index contributed by atoms with van der Waals surface area (Å²) in [4.78, 5) is 38.2. The lowest BCUT2D eigenvalue weighted by Gasteiger charge is -2.23. The maximum atomic E-state index is 12.4. The number of carbonyl (C=O) groups excluding carboxylic acids is 3. The molecule has 2 aromatic carbocycles. The van der Waals surface area contributed by atoms with Crippen molar-refractivity contribution in [3.63, 3.8) is 0 Å². The number of nitrogens with two attached hydrogens (primary N) is 1. The van der Waals surface area contributed by atoms with E-state index in [1.54, 1.807) is 24.3 Å². The van der Waals surface area contributed by atoms with Crippen LogP contribution in [0.25, 0.3) is 0 Å². The van der Waals surface area contributed by atoms with Gasteiger partial charge in [0.25, 0.3) is 0 Å². The summed E-state index contributed by atoms with van der Waals surface area (Å²) in [7, 11) is 0. The zero-order valence-electron chi connectivity index (χ0n) is 15.8. The summed E-state index contributed by atoms with van der Waals surface area (Å²) in [5, 5.41) is 2.90. The molecule has 146 valence electrons. The third-order valence-corrected chi connectivity index (χ3v) is 5.03. The van der Waals surface area contributed by atoms with Crippen molar-refractivity contribution in [3.05, 3.63) is 65.7 Å². The highest BCUT2D eigenvalue weighted by molar-refractivity contribution is 6.00. The fourth-order valence-corrected chi connectivity index (χ4v) is 3.54. The molecule has 1 fully saturated rings. The Bertz CT molecular complexity index is 851. The van der Waals surface area contributed by atoms with Crippen LogP contribution in [0, 0.1) is 0 Å². The highest BCUT2D eigenvalue weighted by Crippen LogP contribution is 2.24. The fourth-order valence-electron chi connectivity index (χ4n) is 3.54. The van der Waals surface area contributed by atoms with Crippen LogP contribution in [0.5, 0.6) is 0 Å². The van der Waals surface area contributed by atoms with Gasteiger partial charge in [-0.25, -0.2) is 0 Å². The second kappa shape index (κ2) is 9.28. The lowest BCUT2D eigenvalue weighted by Crippen LogP contribution is -2.39. The molecule has 1 heterocycles. The molecule has 0 aliphatic carbocycles. The Morgan fingerprint density at radius 1 is 1.00 bits per heavy atom. The topological polar surface area (TPSA) is 92.5 Å². The van der Waals surface area contributed by atoms with Crippen LogP contribution in [0.15, 0.2) is 54.6 Å². The standard InChI is InChI=1S/C22H25N3O3/c23-22(28)19-11-6-14-25(19)15-17-9-4-5-10-18(17)24-21(27)13-12-20(26)16-7-2-1-3-8-16/h1-5,7-10,19H,6,11-15H2,(H2,23,28)(H,24,27). The van der Waals surface area contributed by atoms with Gasteiger partial charge >= 0.3 is 0 Å². The molecule has 0 aromatic heterocycles. The second-order valence-electron chi connectivity index (χ2n) is 7.03. The molecule has 1 atom stereocenters. The van der Waals surface area contributed by atoms with Gasteiger partial charge in [-0.1, -0.05) is 48.5 Å². The van der Waals surface area contributed by atoms with Crippen LogP contribution in [0.2, 0.25) is 0 Å². The summed E-state index contributed by atoms with van der Waals surface area (Å²) in [6.07, 6.45) is 1.98. The van der Waals surface area contributed by atoms with Crippen molar-refractivity contribution >= 4 is 23.3 Å². The molecule has 28 heavy (non-hydrogen) atoms. The number of amides is 2. The van der Waals surface area contributed by atoms with Crippen molar-refractivity contribution in [1.82, 2.24) is 4.90 Å². The predicted molar refractivity (Wildman–Crippen MR) is 108 cm³/mol. The van der Waals surface area contributed by atoms with Crippen LogP contribution in [0.4, 0.5) is 5.69 Å². The maximum absolute atomic E-state index is 12.4. The van der Waals surface area contributed by atoms with Gasteiger partial charge in [0.1, 0.15) is 0 Å². The molecule has 2 amide bonds. The Morgan fingerprint density at radius 3 is 2.46 bits per heavy atom. The number of ketones is 1. The molecule has 3 N–H and O–H groups in total. The van der Waals surface area contributed by atoms with Gasteiger partial charge in [0, 0.05) is 30.6 Å². The first kappa shape index (κ1) is 19.8. The number of para-hydroxylation sites is 1. The minimum atomic E-state index is -0.307. The predicted octanol–water partition coefficient (Wildman–Crippen LogP) is 2.74. The van der Waals surface area contributed by atoms with Crippen molar-refractivity contribution in [2.45, 2.75) is 38.3 Å². The Morgan fingerprint density at radius 2 is 1.71 bits per heavy atom. The highest BCUT2D eigenvalue weighted by Gasteiger charge is 2.29. The van der Waals surface area contributed by atoms with Crippen LogP contribution >= 0.6 is 0 Å². The summed E-state index contributed by atoms with van der Waals surface area (Å²) in [5.74, 6) is -0.562. The van der Waals surface area contributed by atoms with Gasteiger partial charge in [-0.05, 0) is 31.0 Å². The van der Waals surface area contributed by atoms with E-state index in [1.165, 1.54) is 0 Å². The average Bonchev–Trinajstić information content (AvgIpc) is 3.17. The Kier molecular flexibility index (Phi) is 6.55. The summed E-state index contributed by atoms with van der Waals surface area (Å²) in [5.41, 5.74) is 7.74. The molecular formula is C22H25N3O3. The first-order valence-electron chi connectivity index (χ1n) is 9.54. The van der Waals surface area contributed by atoms with Gasteiger partial charge in [0.2, 0.25) is 11.8 Å². The van der Waals surface area contributed by atoms with E-state index in [-0.39, 0.29) is 36.5 Å². The molecule has 0 saturated carbocycles. The summed E-state index contributed by atoms with van der Waals surface area (Å²) in [6.45, 7) is 1.36. The Labute approximate surface area is 164 Å². The van der Waals surface area contributed by atoms with E-state index in [0.717, 1.165) is 24.9 Å². The SMILES string of the molecule is NC(=O)C1CCCN1Cc1ccccc1NC(=O)CCC(=O)c1ccccc1. The number of likely N-dealkylation sites (tertiary alicyclic amines) is 1. The second-order valence-corrected chi connectivity index (χ2v) is 7.03. The van der Waals surface area contributed by atoms with Crippen molar-refractivity contribution in [1.29, 1.82) is 0 Å². The Hall–Kier alpha value is -2.99. The molecule has 1 unspecified atom stereocenters. The van der Waals surface area contributed by atoms with Crippen molar-refractivity contribution in [3.8, 4) is 0 Å². The number of carbonyl (C=O) groups is 3. The minimum Gasteiger partial charge on any atom is -0.368 e. The summed E-state index contributed by atoms with van der Waals surface area (Å²) < 4.78 is 0. The average molecular weight is 379 g/mol. The molecule has 0 spiro atoms. The Balaban J connectivity index is 1.59. The summed E-state index contributed by atoms with van der Waals surface area (Å²) in [6, 6.07) is 16.2. The first-order chi connectivity index (χ1) is 13.5. The number of benzene rings is 2. The van der Waals surface area contributed by atoms with Gasteiger partial charge in [-0.15, -0.1) is 0 Å². The number of anilines is 1. The fraction of sp³-hybridized carbons (Fsp3) is 0.318. The van der Waals surface area contributed by atoms with Crippen LogP contribution in [-0.2, 0) is 16.1 Å². The minimum absolute atomic E-state index is 0.0506. The number of primary amides is 1. The molecule has 1 aliphatic rings. The van der Waals surface area contributed by atoms with Gasteiger partial charge < -0.3 is 11.1 Å². The smallest absolute Gasteiger partial charge is 0.234 e. The van der Waals surface area contributed by atoms with Crippen LogP contribution < -0.4 is 11.1 Å². The maximum Gasteiger partial charge on any atom is 0.234 e. The van der Waals surface area contributed by atoms with Gasteiger partial charge in [-0.2, -0.15) is 0 Å². The quantitative estimate of drug-likeness (QED) is 0.690. The number of nitrogens with one attached hydrogen (secondary N) is 1. The lowest BCUT2D eigenvalue weighted by molar-refractivity contribution is -0.122. The van der Waals surface area contributed by atoms with Crippen molar-refractivity contribution in [2.75, 3.05) is 11.9 Å². The first-order valence-corrected chi connectivity index (χ1v) is 9.54. The number of Topliss-reactive ketones (excluding diaryl/α,β-unsaturated/α-hetero) is 1. The van der Waals surface area contributed by atoms with Crippen molar-refractivity contribution in [2.24, 2.45) is 5.73 Å². The zero-order valence-corrected chi connectivity index (χ0v) is 15.8. The van der Waals surface area contributed by atoms with Crippen molar-refractivity contribution < 1.29 is 14.4 Å². The highest BCUT2D eigenvalue weighted by atomic mass is 16.2. The van der Waals surface area contributed by atoms with E-state index in [0.29, 0.717) is 17.8 Å². The molecule has 6 heteroatoms. The molecule has 2 aromatic rings. The van der Waals surface area contributed by atoms with Gasteiger partial charge in [-0.3, -0.25) is 19.3 Å². The molecule has 0 bridgehead atoms. The van der Waals surface area contributed by atoms with E-state index < -0.39 is 0 Å². The number of hydrogen-bond acceptors (Lipinski definition) is 4. The molecule has 0 radical (unpaired) electrons. The van der Waals surface area contributed by atoms with Crippen LogP contribution in [0.3, 0.4) is 0 Å². The van der Waals surface area contributed by atoms with E-state index in [9.17, 15) is 14.4 Å². The van der Waals surface area contributed by atoms with Gasteiger partial charge in [0.15, 0.2) is 5.78 Å². The van der Waals surface area contributed by atoms with E-state index >= 15 is 0 Å². The normalized spacial score (nSPS) is 16.6. The zero-order chi connectivity index (χ0) is 19.9. The summed E-state index contributed by atoms with van der Waals surface area (Å²) >= 11 is 0. The molecule has 1 aliphatic heterocycles. The largest absolute Gasteiger partial charge is 0.368 e. The van der Waals surface area contributed by atoms with E-state index in [2.05, 4.69) is 5.32 Å². The van der Waals surface area contributed by atoms with Gasteiger partial charge in [0.05, 0.1) is 6.04 Å². The molecule has 3 rings (SSSR count). The van der Waals surface area contributed by atoms with E-state index in [1.807, 2.05) is 35.2 Å². The third kappa shape index (κ3) is 5.04. The number of hydrogen-bond donors (Lipinski definition) is 2. The lowest BCUT2D eigenvalue weighted by atomic mass is 10.1. The molecule has 1 saturated heterocycles. The third-order valence-electron chi connectivity index (χ3n) is 5.03. The molecular weight excluding hydrogens is 354 g/mol. The van der Waals surface area contributed by atoms with E-state index in [4.69, 9.17) is 5.73 Å². The molecule has 6 nitrogen and oxygen atoms in total.